The summed E-state index contributed by atoms with van der Waals surface area (Å²) in [4.78, 5) is 23.6. The van der Waals surface area contributed by atoms with Gasteiger partial charge in [0.2, 0.25) is 0 Å². The molecule has 24 heavy (non-hydrogen) atoms. The highest BCUT2D eigenvalue weighted by Gasteiger charge is 2.41. The zero-order valence-corrected chi connectivity index (χ0v) is 12.9. The standard InChI is InChI=1S/C19H16N2O3/c22-19(12-5-2-1-3-6-12)18-15-8-4-7-14(15)16-11-13(21(23)24)9-10-17(16)20-18/h1-7,9-11,14-15,18,20H,8H2. The fraction of sp³-hybridized carbons (Fsp3) is 0.211. The molecule has 1 aliphatic carbocycles. The third kappa shape index (κ3) is 2.29. The molecule has 1 heterocycles. The highest BCUT2D eigenvalue weighted by molar-refractivity contribution is 6.02. The maximum absolute atomic E-state index is 12.9. The highest BCUT2D eigenvalue weighted by Crippen LogP contribution is 2.46. The van der Waals surface area contributed by atoms with E-state index in [1.165, 1.54) is 6.07 Å². The van der Waals surface area contributed by atoms with E-state index in [2.05, 4.69) is 17.5 Å². The van der Waals surface area contributed by atoms with Crippen molar-refractivity contribution in [2.24, 2.45) is 5.92 Å². The Morgan fingerprint density at radius 1 is 1.17 bits per heavy atom. The van der Waals surface area contributed by atoms with Crippen molar-refractivity contribution in [3.63, 3.8) is 0 Å². The summed E-state index contributed by atoms with van der Waals surface area (Å²) in [5, 5.41) is 14.4. The Labute approximate surface area is 139 Å². The number of anilines is 1. The third-order valence-electron chi connectivity index (χ3n) is 4.90. The van der Waals surface area contributed by atoms with Crippen molar-refractivity contribution in [2.45, 2.75) is 18.4 Å². The first-order valence-electron chi connectivity index (χ1n) is 7.96. The molecule has 0 fully saturated rings. The molecule has 5 heteroatoms. The van der Waals surface area contributed by atoms with Crippen LogP contribution in [0.4, 0.5) is 11.4 Å². The fourth-order valence-corrected chi connectivity index (χ4v) is 3.74. The topological polar surface area (TPSA) is 72.2 Å². The van der Waals surface area contributed by atoms with Gasteiger partial charge in [0.25, 0.3) is 5.69 Å². The molecule has 1 N–H and O–H groups in total. The average molecular weight is 320 g/mol. The van der Waals surface area contributed by atoms with Gasteiger partial charge < -0.3 is 5.32 Å². The van der Waals surface area contributed by atoms with Crippen LogP contribution in [0.1, 0.15) is 28.3 Å². The first-order chi connectivity index (χ1) is 11.6. The molecule has 5 nitrogen and oxygen atoms in total. The van der Waals surface area contributed by atoms with E-state index in [0.29, 0.717) is 5.56 Å². The Kier molecular flexibility index (Phi) is 3.41. The smallest absolute Gasteiger partial charge is 0.269 e. The van der Waals surface area contributed by atoms with E-state index in [1.54, 1.807) is 12.1 Å². The van der Waals surface area contributed by atoms with Crippen molar-refractivity contribution in [1.82, 2.24) is 0 Å². The van der Waals surface area contributed by atoms with Crippen LogP contribution in [-0.4, -0.2) is 16.7 Å². The number of allylic oxidation sites excluding steroid dienone is 2. The van der Waals surface area contributed by atoms with Gasteiger partial charge in [0.05, 0.1) is 11.0 Å². The van der Waals surface area contributed by atoms with Gasteiger partial charge in [-0.05, 0) is 18.1 Å². The van der Waals surface area contributed by atoms with Crippen LogP contribution in [0.3, 0.4) is 0 Å². The summed E-state index contributed by atoms with van der Waals surface area (Å²) in [5.74, 6) is 0.198. The van der Waals surface area contributed by atoms with Crippen LogP contribution in [0.2, 0.25) is 0 Å². The highest BCUT2D eigenvalue weighted by atomic mass is 16.6. The average Bonchev–Trinajstić information content (AvgIpc) is 3.10. The lowest BCUT2D eigenvalue weighted by Gasteiger charge is -2.36. The molecular weight excluding hydrogens is 304 g/mol. The Morgan fingerprint density at radius 2 is 1.96 bits per heavy atom. The van der Waals surface area contributed by atoms with Crippen molar-refractivity contribution >= 4 is 17.2 Å². The van der Waals surface area contributed by atoms with E-state index in [9.17, 15) is 14.9 Å². The number of hydrogen-bond acceptors (Lipinski definition) is 4. The number of hydrogen-bond donors (Lipinski definition) is 1. The summed E-state index contributed by atoms with van der Waals surface area (Å²) in [7, 11) is 0. The van der Waals surface area contributed by atoms with Crippen LogP contribution >= 0.6 is 0 Å². The van der Waals surface area contributed by atoms with Crippen LogP contribution in [-0.2, 0) is 0 Å². The number of nitro groups is 1. The van der Waals surface area contributed by atoms with Crippen LogP contribution in [0.25, 0.3) is 0 Å². The fourth-order valence-electron chi connectivity index (χ4n) is 3.74. The van der Waals surface area contributed by atoms with E-state index >= 15 is 0 Å². The van der Waals surface area contributed by atoms with Gasteiger partial charge >= 0.3 is 0 Å². The zero-order valence-electron chi connectivity index (χ0n) is 12.9. The molecule has 3 atom stereocenters. The predicted molar refractivity (Wildman–Crippen MR) is 91.3 cm³/mol. The van der Waals surface area contributed by atoms with Gasteiger partial charge in [-0.3, -0.25) is 14.9 Å². The van der Waals surface area contributed by atoms with Gasteiger partial charge in [0.15, 0.2) is 5.78 Å². The number of rotatable bonds is 3. The summed E-state index contributed by atoms with van der Waals surface area (Å²) in [6.07, 6.45) is 4.93. The molecule has 0 amide bonds. The maximum atomic E-state index is 12.9. The zero-order chi connectivity index (χ0) is 16.7. The Hall–Kier alpha value is -2.95. The number of nitro benzene ring substituents is 1. The van der Waals surface area contributed by atoms with E-state index in [1.807, 2.05) is 30.3 Å². The summed E-state index contributed by atoms with van der Waals surface area (Å²) in [5.41, 5.74) is 2.48. The number of nitrogens with one attached hydrogen (secondary N) is 1. The van der Waals surface area contributed by atoms with E-state index < -0.39 is 0 Å². The van der Waals surface area contributed by atoms with Crippen LogP contribution in [0.5, 0.6) is 0 Å². The third-order valence-corrected chi connectivity index (χ3v) is 4.90. The lowest BCUT2D eigenvalue weighted by atomic mass is 9.77. The molecule has 4 rings (SSSR count). The quantitative estimate of drug-likeness (QED) is 0.402. The second kappa shape index (κ2) is 5.60. The molecule has 0 bridgehead atoms. The van der Waals surface area contributed by atoms with Crippen molar-refractivity contribution in [3.05, 3.63) is 81.9 Å². The monoisotopic (exact) mass is 320 g/mol. The Balaban J connectivity index is 1.73. The minimum Gasteiger partial charge on any atom is -0.374 e. The molecule has 3 unspecified atom stereocenters. The second-order valence-corrected chi connectivity index (χ2v) is 6.23. The van der Waals surface area contributed by atoms with Gasteiger partial charge in [0.1, 0.15) is 0 Å². The van der Waals surface area contributed by atoms with Crippen LogP contribution < -0.4 is 5.32 Å². The Morgan fingerprint density at radius 3 is 2.71 bits per heavy atom. The molecule has 1 aliphatic heterocycles. The van der Waals surface area contributed by atoms with Crippen LogP contribution in [0.15, 0.2) is 60.7 Å². The first-order valence-corrected chi connectivity index (χ1v) is 7.96. The lowest BCUT2D eigenvalue weighted by Crippen LogP contribution is -2.42. The molecule has 0 saturated heterocycles. The number of ketones is 1. The second-order valence-electron chi connectivity index (χ2n) is 6.23. The number of nitrogens with zero attached hydrogens (tertiary/aromatic N) is 1. The minimum absolute atomic E-state index is 0.0406. The number of benzene rings is 2. The van der Waals surface area contributed by atoms with E-state index in [4.69, 9.17) is 0 Å². The molecular formula is C19H16N2O3. The minimum atomic E-state index is -0.380. The number of carbonyl (C=O) groups is 1. The molecule has 2 aromatic rings. The summed E-state index contributed by atoms with van der Waals surface area (Å²) in [6, 6.07) is 13.8. The van der Waals surface area contributed by atoms with Gasteiger partial charge in [-0.2, -0.15) is 0 Å². The number of fused-ring (bicyclic) bond motifs is 3. The summed E-state index contributed by atoms with van der Waals surface area (Å²) >= 11 is 0. The van der Waals surface area contributed by atoms with Gasteiger partial charge in [0, 0.05) is 35.2 Å². The molecule has 0 aromatic heterocycles. The van der Waals surface area contributed by atoms with Crippen molar-refractivity contribution in [1.29, 1.82) is 0 Å². The predicted octanol–water partition coefficient (Wildman–Crippen LogP) is 3.93. The van der Waals surface area contributed by atoms with Gasteiger partial charge in [-0.1, -0.05) is 42.5 Å². The Bertz CT molecular complexity index is 845. The first kappa shape index (κ1) is 14.6. The molecule has 0 spiro atoms. The number of Topliss-reactive ketones (excluding diaryl/α,β-unsaturated/α-hetero) is 1. The van der Waals surface area contributed by atoms with Crippen molar-refractivity contribution in [2.75, 3.05) is 5.32 Å². The summed E-state index contributed by atoms with van der Waals surface area (Å²) in [6.45, 7) is 0. The molecule has 0 radical (unpaired) electrons. The van der Waals surface area contributed by atoms with Crippen LogP contribution in [0, 0.1) is 16.0 Å². The lowest BCUT2D eigenvalue weighted by molar-refractivity contribution is -0.384. The van der Waals surface area contributed by atoms with Crippen molar-refractivity contribution < 1.29 is 9.72 Å². The summed E-state index contributed by atoms with van der Waals surface area (Å²) < 4.78 is 0. The van der Waals surface area contributed by atoms with Gasteiger partial charge in [-0.25, -0.2) is 0 Å². The molecule has 0 saturated carbocycles. The van der Waals surface area contributed by atoms with E-state index in [0.717, 1.165) is 17.7 Å². The van der Waals surface area contributed by atoms with E-state index in [-0.39, 0.29) is 34.3 Å². The normalized spacial score (nSPS) is 23.9. The largest absolute Gasteiger partial charge is 0.374 e. The number of carbonyl (C=O) groups excluding carboxylic acids is 1. The SMILES string of the molecule is O=C(c1ccccc1)C1Nc2ccc([N+](=O)[O-])cc2C2C=CCC12. The molecule has 2 aliphatic rings. The molecule has 120 valence electrons. The van der Waals surface area contributed by atoms with Gasteiger partial charge in [-0.15, -0.1) is 0 Å². The molecule has 2 aromatic carbocycles. The number of non-ortho nitro benzene ring substituents is 1. The van der Waals surface area contributed by atoms with Crippen molar-refractivity contribution in [3.8, 4) is 0 Å². The maximum Gasteiger partial charge on any atom is 0.269 e.